The van der Waals surface area contributed by atoms with Gasteiger partial charge in [0.25, 0.3) is 11.8 Å². The van der Waals surface area contributed by atoms with E-state index in [0.29, 0.717) is 5.56 Å². The molecule has 3 N–H and O–H groups in total. The minimum Gasteiger partial charge on any atom is -0.395 e. The van der Waals surface area contributed by atoms with Crippen LogP contribution in [0.2, 0.25) is 0 Å². The number of carbonyl (C=O) groups is 2. The van der Waals surface area contributed by atoms with Crippen LogP contribution in [0.1, 0.15) is 35.3 Å². The molecule has 2 amide bonds. The summed E-state index contributed by atoms with van der Waals surface area (Å²) in [7, 11) is 0. The van der Waals surface area contributed by atoms with Crippen molar-refractivity contribution in [3.05, 3.63) is 81.5 Å². The minimum absolute atomic E-state index is 0.101. The molecular formula is C22H23BrN2O3. The Labute approximate surface area is 173 Å². The predicted molar refractivity (Wildman–Crippen MR) is 115 cm³/mol. The molecule has 0 bridgehead atoms. The molecular weight excluding hydrogens is 420 g/mol. The molecule has 28 heavy (non-hydrogen) atoms. The second-order valence-electron chi connectivity index (χ2n) is 6.09. The van der Waals surface area contributed by atoms with Crippen molar-refractivity contribution < 1.29 is 14.7 Å². The Hall–Kier alpha value is -2.70. The summed E-state index contributed by atoms with van der Waals surface area (Å²) in [6.07, 6.45) is 3.59. The minimum atomic E-state index is -0.466. The maximum absolute atomic E-state index is 12.6. The van der Waals surface area contributed by atoms with Crippen LogP contribution in [0.5, 0.6) is 0 Å². The van der Waals surface area contributed by atoms with Gasteiger partial charge in [0.2, 0.25) is 0 Å². The van der Waals surface area contributed by atoms with Crippen LogP contribution in [0.15, 0.2) is 64.8 Å². The Morgan fingerprint density at radius 3 is 2.21 bits per heavy atom. The number of benzene rings is 2. The number of allylic oxidation sites excluding steroid dienone is 2. The van der Waals surface area contributed by atoms with Gasteiger partial charge in [-0.2, -0.15) is 0 Å². The van der Waals surface area contributed by atoms with Crippen molar-refractivity contribution in [1.82, 2.24) is 10.6 Å². The molecule has 0 unspecified atom stereocenters. The zero-order chi connectivity index (χ0) is 20.5. The number of nitrogens with one attached hydrogen (secondary N) is 2. The van der Waals surface area contributed by atoms with Gasteiger partial charge >= 0.3 is 0 Å². The Morgan fingerprint density at radius 2 is 1.64 bits per heavy atom. The van der Waals surface area contributed by atoms with Crippen LogP contribution < -0.4 is 10.6 Å². The molecule has 0 fully saturated rings. The first-order valence-corrected chi connectivity index (χ1v) is 9.65. The molecule has 2 rings (SSSR count). The number of amides is 2. The lowest BCUT2D eigenvalue weighted by Gasteiger charge is -2.11. The van der Waals surface area contributed by atoms with Crippen molar-refractivity contribution in [2.45, 2.75) is 13.8 Å². The van der Waals surface area contributed by atoms with Gasteiger partial charge in [0.15, 0.2) is 0 Å². The summed E-state index contributed by atoms with van der Waals surface area (Å²) in [5, 5.41) is 14.2. The van der Waals surface area contributed by atoms with E-state index in [1.807, 2.05) is 56.3 Å². The summed E-state index contributed by atoms with van der Waals surface area (Å²) in [5.74, 6) is -0.848. The van der Waals surface area contributed by atoms with E-state index in [2.05, 4.69) is 26.6 Å². The molecule has 0 atom stereocenters. The van der Waals surface area contributed by atoms with Crippen LogP contribution in [0.25, 0.3) is 11.6 Å². The number of hydrogen-bond acceptors (Lipinski definition) is 3. The van der Waals surface area contributed by atoms with E-state index in [1.54, 1.807) is 18.2 Å². The average molecular weight is 443 g/mol. The Balaban J connectivity index is 2.24. The lowest BCUT2D eigenvalue weighted by molar-refractivity contribution is -0.117. The molecule has 6 heteroatoms. The zero-order valence-corrected chi connectivity index (χ0v) is 17.4. The van der Waals surface area contributed by atoms with Gasteiger partial charge in [0, 0.05) is 16.6 Å². The molecule has 0 aliphatic rings. The van der Waals surface area contributed by atoms with E-state index in [4.69, 9.17) is 5.11 Å². The van der Waals surface area contributed by atoms with Crippen molar-refractivity contribution >= 4 is 39.4 Å². The van der Waals surface area contributed by atoms with E-state index in [0.717, 1.165) is 21.2 Å². The van der Waals surface area contributed by atoms with Gasteiger partial charge < -0.3 is 15.7 Å². The summed E-state index contributed by atoms with van der Waals surface area (Å²) in [4.78, 5) is 25.0. The third-order valence-electron chi connectivity index (χ3n) is 4.11. The van der Waals surface area contributed by atoms with Crippen molar-refractivity contribution in [2.75, 3.05) is 13.2 Å². The largest absolute Gasteiger partial charge is 0.395 e. The molecule has 0 saturated carbocycles. The highest BCUT2D eigenvalue weighted by atomic mass is 79.9. The molecule has 0 heterocycles. The van der Waals surface area contributed by atoms with Crippen molar-refractivity contribution in [2.24, 2.45) is 0 Å². The molecule has 146 valence electrons. The molecule has 0 spiro atoms. The van der Waals surface area contributed by atoms with Gasteiger partial charge in [0.1, 0.15) is 5.70 Å². The van der Waals surface area contributed by atoms with Crippen molar-refractivity contribution in [3.63, 3.8) is 0 Å². The molecule has 0 aliphatic carbocycles. The Morgan fingerprint density at radius 1 is 1.04 bits per heavy atom. The second kappa shape index (κ2) is 10.6. The maximum atomic E-state index is 12.6. The van der Waals surface area contributed by atoms with Crippen molar-refractivity contribution in [3.8, 4) is 0 Å². The third kappa shape index (κ3) is 6.18. The zero-order valence-electron chi connectivity index (χ0n) is 15.8. The molecule has 0 aromatic heterocycles. The van der Waals surface area contributed by atoms with E-state index in [-0.39, 0.29) is 24.8 Å². The van der Waals surface area contributed by atoms with Gasteiger partial charge in [-0.3, -0.25) is 9.59 Å². The van der Waals surface area contributed by atoms with Gasteiger partial charge in [-0.1, -0.05) is 46.3 Å². The normalized spacial score (nSPS) is 11.9. The smallest absolute Gasteiger partial charge is 0.267 e. The number of aliphatic hydroxyl groups is 1. The highest BCUT2D eigenvalue weighted by Crippen LogP contribution is 2.15. The van der Waals surface area contributed by atoms with Gasteiger partial charge in [-0.25, -0.2) is 0 Å². The van der Waals surface area contributed by atoms with Crippen LogP contribution in [0, 0.1) is 0 Å². The number of hydrogen-bond donors (Lipinski definition) is 3. The fourth-order valence-electron chi connectivity index (χ4n) is 2.39. The van der Waals surface area contributed by atoms with Gasteiger partial charge in [-0.15, -0.1) is 0 Å². The second-order valence-corrected chi connectivity index (χ2v) is 7.01. The van der Waals surface area contributed by atoms with E-state index >= 15 is 0 Å². The molecule has 0 aliphatic heterocycles. The van der Waals surface area contributed by atoms with E-state index in [9.17, 15) is 9.59 Å². The molecule has 2 aromatic rings. The van der Waals surface area contributed by atoms with E-state index < -0.39 is 5.91 Å². The predicted octanol–water partition coefficient (Wildman–Crippen LogP) is 3.75. The highest BCUT2D eigenvalue weighted by Gasteiger charge is 2.14. The molecule has 5 nitrogen and oxygen atoms in total. The van der Waals surface area contributed by atoms with Crippen molar-refractivity contribution in [1.29, 1.82) is 0 Å². The fraction of sp³-hybridized carbons (Fsp3) is 0.182. The first kappa shape index (κ1) is 21.6. The lowest BCUT2D eigenvalue weighted by Crippen LogP contribution is -2.36. The summed E-state index contributed by atoms with van der Waals surface area (Å²) in [6, 6.07) is 14.5. The number of halogens is 1. The first-order valence-electron chi connectivity index (χ1n) is 8.85. The summed E-state index contributed by atoms with van der Waals surface area (Å²) in [5.41, 5.74) is 3.46. The van der Waals surface area contributed by atoms with Crippen LogP contribution in [0.3, 0.4) is 0 Å². The fourth-order valence-corrected chi connectivity index (χ4v) is 2.66. The highest BCUT2D eigenvalue weighted by molar-refractivity contribution is 9.10. The molecule has 2 aromatic carbocycles. The standard InChI is InChI=1S/C22H23BrN2O3/c1-3-15(2)17-6-8-18(9-7-17)21(27)25-20(22(28)24-12-13-26)14-16-4-10-19(23)11-5-16/h3-11,14,26H,12-13H2,1-2H3,(H,24,28)(H,25,27)/b15-3+,20-14-. The van der Waals surface area contributed by atoms with Crippen LogP contribution in [-0.4, -0.2) is 30.1 Å². The SMILES string of the molecule is C/C=C(\C)c1ccc(C(=O)N/C(=C\c2ccc(Br)cc2)C(=O)NCCO)cc1. The van der Waals surface area contributed by atoms with Gasteiger partial charge in [-0.05, 0) is 60.9 Å². The monoisotopic (exact) mass is 442 g/mol. The van der Waals surface area contributed by atoms with Crippen LogP contribution in [-0.2, 0) is 4.79 Å². The Bertz CT molecular complexity index is 885. The number of rotatable bonds is 7. The quantitative estimate of drug-likeness (QED) is 0.571. The van der Waals surface area contributed by atoms with E-state index in [1.165, 1.54) is 0 Å². The maximum Gasteiger partial charge on any atom is 0.267 e. The Kier molecular flexibility index (Phi) is 8.17. The van der Waals surface area contributed by atoms with Crippen LogP contribution in [0.4, 0.5) is 0 Å². The van der Waals surface area contributed by atoms with Gasteiger partial charge in [0.05, 0.1) is 6.61 Å². The topological polar surface area (TPSA) is 78.4 Å². The number of aliphatic hydroxyl groups excluding tert-OH is 1. The molecule has 0 saturated heterocycles. The molecule has 0 radical (unpaired) electrons. The number of carbonyl (C=O) groups excluding carboxylic acids is 2. The summed E-state index contributed by atoms with van der Waals surface area (Å²) < 4.78 is 0.913. The average Bonchev–Trinajstić information content (AvgIpc) is 2.72. The first-order chi connectivity index (χ1) is 13.4. The van der Waals surface area contributed by atoms with Crippen LogP contribution >= 0.6 is 15.9 Å². The summed E-state index contributed by atoms with van der Waals surface area (Å²) >= 11 is 3.37. The summed E-state index contributed by atoms with van der Waals surface area (Å²) in [6.45, 7) is 3.88. The third-order valence-corrected chi connectivity index (χ3v) is 4.64. The lowest BCUT2D eigenvalue weighted by atomic mass is 10.0.